The zero-order chi connectivity index (χ0) is 17.7. The number of nitrogens with one attached hydrogen (secondary N) is 1. The number of aromatic amines is 1. The smallest absolute Gasteiger partial charge is 0.157 e. The van der Waals surface area contributed by atoms with Gasteiger partial charge < -0.3 is 10.5 Å². The molecule has 4 aromatic rings. The summed E-state index contributed by atoms with van der Waals surface area (Å²) in [6.07, 6.45) is 5.75. The van der Waals surface area contributed by atoms with E-state index in [2.05, 4.69) is 23.2 Å². The highest BCUT2D eigenvalue weighted by molar-refractivity contribution is 5.99. The lowest BCUT2D eigenvalue weighted by atomic mass is 9.97. The first-order chi connectivity index (χ1) is 12.7. The minimum atomic E-state index is 0.354. The van der Waals surface area contributed by atoms with Gasteiger partial charge in [-0.3, -0.25) is 5.10 Å². The molecule has 132 valence electrons. The van der Waals surface area contributed by atoms with Gasteiger partial charge in [0.15, 0.2) is 11.5 Å². The van der Waals surface area contributed by atoms with Crippen LogP contribution in [0.1, 0.15) is 30.1 Å². The Labute approximate surface area is 150 Å². The molecule has 1 fully saturated rings. The lowest BCUT2D eigenvalue weighted by Gasteiger charge is -2.18. The van der Waals surface area contributed by atoms with Crippen LogP contribution in [-0.2, 0) is 4.74 Å². The number of rotatable bonds is 2. The van der Waals surface area contributed by atoms with E-state index >= 15 is 0 Å². The summed E-state index contributed by atoms with van der Waals surface area (Å²) in [5, 5.41) is 13.0. The van der Waals surface area contributed by atoms with Crippen LogP contribution < -0.4 is 5.73 Å². The largest absolute Gasteiger partial charge is 0.398 e. The SMILES string of the molecule is Cc1ccc2[nH]ncc2c1-c1cn2nc(C3CCOCC3)nc2cc1N. The van der Waals surface area contributed by atoms with Crippen LogP contribution in [0.4, 0.5) is 5.69 Å². The topological polar surface area (TPSA) is 94.1 Å². The molecule has 3 N–H and O–H groups in total. The van der Waals surface area contributed by atoms with E-state index in [1.807, 2.05) is 29.0 Å². The molecule has 0 unspecified atom stereocenters. The number of nitrogens with zero attached hydrogens (tertiary/aromatic N) is 4. The predicted octanol–water partition coefficient (Wildman–Crippen LogP) is 3.06. The van der Waals surface area contributed by atoms with Gasteiger partial charge in [0.2, 0.25) is 0 Å². The Kier molecular flexibility index (Phi) is 3.43. The summed E-state index contributed by atoms with van der Waals surface area (Å²) in [4.78, 5) is 4.70. The molecule has 0 amide bonds. The quantitative estimate of drug-likeness (QED) is 0.581. The van der Waals surface area contributed by atoms with E-state index in [9.17, 15) is 0 Å². The predicted molar refractivity (Wildman–Crippen MR) is 100 cm³/mol. The molecule has 0 radical (unpaired) electrons. The fourth-order valence-corrected chi connectivity index (χ4v) is 3.78. The molecule has 7 nitrogen and oxygen atoms in total. The molecule has 1 aromatic carbocycles. The van der Waals surface area contributed by atoms with Gasteiger partial charge >= 0.3 is 0 Å². The summed E-state index contributed by atoms with van der Waals surface area (Å²) < 4.78 is 7.29. The fourth-order valence-electron chi connectivity index (χ4n) is 3.78. The number of nitrogens with two attached hydrogens (primary N) is 1. The van der Waals surface area contributed by atoms with Gasteiger partial charge in [-0.25, -0.2) is 9.50 Å². The van der Waals surface area contributed by atoms with Crippen LogP contribution in [-0.4, -0.2) is 38.0 Å². The van der Waals surface area contributed by atoms with Crippen molar-refractivity contribution in [1.29, 1.82) is 0 Å². The Hall–Kier alpha value is -2.93. The molecule has 7 heteroatoms. The van der Waals surface area contributed by atoms with Gasteiger partial charge in [0.25, 0.3) is 0 Å². The lowest BCUT2D eigenvalue weighted by Crippen LogP contribution is -2.15. The average Bonchev–Trinajstić information content (AvgIpc) is 3.28. The average molecular weight is 348 g/mol. The third kappa shape index (κ3) is 2.35. The molecule has 4 heterocycles. The molecular weight excluding hydrogens is 328 g/mol. The van der Waals surface area contributed by atoms with Gasteiger partial charge in [0.1, 0.15) is 0 Å². The standard InChI is InChI=1S/C19H20N6O/c1-11-2-3-16-13(9-21-23-16)18(11)14-10-25-17(8-15(14)20)22-19(24-25)12-4-6-26-7-5-12/h2-3,8-10,12H,4-7,20H2,1H3,(H,21,23). The van der Waals surface area contributed by atoms with E-state index in [1.54, 1.807) is 0 Å². The highest BCUT2D eigenvalue weighted by atomic mass is 16.5. The van der Waals surface area contributed by atoms with Crippen molar-refractivity contribution in [2.45, 2.75) is 25.7 Å². The van der Waals surface area contributed by atoms with Crippen LogP contribution in [0.3, 0.4) is 0 Å². The number of aromatic nitrogens is 5. The van der Waals surface area contributed by atoms with Gasteiger partial charge in [0.05, 0.1) is 11.7 Å². The minimum Gasteiger partial charge on any atom is -0.398 e. The molecule has 0 spiro atoms. The summed E-state index contributed by atoms with van der Waals surface area (Å²) >= 11 is 0. The Morgan fingerprint density at radius 3 is 2.96 bits per heavy atom. The van der Waals surface area contributed by atoms with E-state index in [4.69, 9.17) is 20.6 Å². The molecule has 1 aliphatic rings. The lowest BCUT2D eigenvalue weighted by molar-refractivity contribution is 0.0836. The zero-order valence-electron chi connectivity index (χ0n) is 14.6. The van der Waals surface area contributed by atoms with Gasteiger partial charge in [-0.2, -0.15) is 10.2 Å². The molecule has 0 aliphatic carbocycles. The number of anilines is 1. The maximum absolute atomic E-state index is 6.40. The second kappa shape index (κ2) is 5.81. The third-order valence-corrected chi connectivity index (χ3v) is 5.21. The maximum atomic E-state index is 6.40. The third-order valence-electron chi connectivity index (χ3n) is 5.21. The van der Waals surface area contributed by atoms with Crippen molar-refractivity contribution in [2.75, 3.05) is 18.9 Å². The highest BCUT2D eigenvalue weighted by Gasteiger charge is 2.21. The van der Waals surface area contributed by atoms with Crippen LogP contribution >= 0.6 is 0 Å². The van der Waals surface area contributed by atoms with E-state index in [0.717, 1.165) is 65.1 Å². The van der Waals surface area contributed by atoms with Crippen LogP contribution in [0.5, 0.6) is 0 Å². The summed E-state index contributed by atoms with van der Waals surface area (Å²) in [6.45, 7) is 3.63. The van der Waals surface area contributed by atoms with E-state index in [0.29, 0.717) is 11.6 Å². The Balaban J connectivity index is 1.67. The second-order valence-corrected chi connectivity index (χ2v) is 6.89. The molecule has 3 aromatic heterocycles. The summed E-state index contributed by atoms with van der Waals surface area (Å²) in [7, 11) is 0. The summed E-state index contributed by atoms with van der Waals surface area (Å²) in [5.74, 6) is 1.23. The van der Waals surface area contributed by atoms with Crippen LogP contribution in [0.2, 0.25) is 0 Å². The minimum absolute atomic E-state index is 0.354. The Morgan fingerprint density at radius 1 is 1.27 bits per heavy atom. The molecule has 1 aliphatic heterocycles. The van der Waals surface area contributed by atoms with Crippen molar-refractivity contribution in [2.24, 2.45) is 0 Å². The molecule has 0 saturated carbocycles. The van der Waals surface area contributed by atoms with Crippen molar-refractivity contribution in [1.82, 2.24) is 24.8 Å². The monoisotopic (exact) mass is 348 g/mol. The van der Waals surface area contributed by atoms with Gasteiger partial charge in [-0.15, -0.1) is 0 Å². The fraction of sp³-hybridized carbons (Fsp3) is 0.316. The van der Waals surface area contributed by atoms with Crippen LogP contribution in [0, 0.1) is 6.92 Å². The number of fused-ring (bicyclic) bond motifs is 2. The molecule has 1 saturated heterocycles. The first-order valence-corrected chi connectivity index (χ1v) is 8.87. The number of aryl methyl sites for hydroxylation is 1. The second-order valence-electron chi connectivity index (χ2n) is 6.89. The summed E-state index contributed by atoms with van der Waals surface area (Å²) in [5.41, 5.74) is 12.1. The van der Waals surface area contributed by atoms with Crippen molar-refractivity contribution in [3.05, 3.63) is 42.0 Å². The number of nitrogen functional groups attached to an aromatic ring is 1. The van der Waals surface area contributed by atoms with Crippen LogP contribution in [0.15, 0.2) is 30.6 Å². The zero-order valence-corrected chi connectivity index (χ0v) is 14.6. The maximum Gasteiger partial charge on any atom is 0.157 e. The van der Waals surface area contributed by atoms with Crippen molar-refractivity contribution in [3.8, 4) is 11.1 Å². The number of benzene rings is 1. The first kappa shape index (κ1) is 15.3. The van der Waals surface area contributed by atoms with Gasteiger partial charge in [0, 0.05) is 48.0 Å². The van der Waals surface area contributed by atoms with E-state index < -0.39 is 0 Å². The highest BCUT2D eigenvalue weighted by Crippen LogP contribution is 2.35. The Morgan fingerprint density at radius 2 is 2.12 bits per heavy atom. The molecule has 0 bridgehead atoms. The number of hydrogen-bond donors (Lipinski definition) is 2. The van der Waals surface area contributed by atoms with Crippen LogP contribution in [0.25, 0.3) is 27.7 Å². The van der Waals surface area contributed by atoms with Crippen molar-refractivity contribution >= 4 is 22.2 Å². The molecule has 26 heavy (non-hydrogen) atoms. The molecular formula is C19H20N6O. The van der Waals surface area contributed by atoms with Gasteiger partial charge in [-0.1, -0.05) is 6.07 Å². The number of H-pyrrole nitrogens is 1. The number of hydrogen-bond acceptors (Lipinski definition) is 5. The van der Waals surface area contributed by atoms with Crippen molar-refractivity contribution in [3.63, 3.8) is 0 Å². The van der Waals surface area contributed by atoms with E-state index in [1.165, 1.54) is 0 Å². The van der Waals surface area contributed by atoms with E-state index in [-0.39, 0.29) is 0 Å². The number of pyridine rings is 1. The Bertz CT molecular complexity index is 1110. The molecule has 0 atom stereocenters. The first-order valence-electron chi connectivity index (χ1n) is 8.87. The summed E-state index contributed by atoms with van der Waals surface area (Å²) in [6, 6.07) is 6.02. The molecule has 5 rings (SSSR count). The normalized spacial score (nSPS) is 15.9. The number of ether oxygens (including phenoxy) is 1. The van der Waals surface area contributed by atoms with Gasteiger partial charge in [-0.05, 0) is 37.0 Å². The van der Waals surface area contributed by atoms with Crippen molar-refractivity contribution < 1.29 is 4.74 Å².